The van der Waals surface area contributed by atoms with Gasteiger partial charge in [0.05, 0.1) is 30.7 Å². The number of hydrogen-bond donors (Lipinski definition) is 1. The maximum Gasteiger partial charge on any atom is 0.234 e. The van der Waals surface area contributed by atoms with E-state index in [1.54, 1.807) is 12.1 Å². The zero-order valence-corrected chi connectivity index (χ0v) is 16.8. The molecule has 0 aliphatic heterocycles. The largest absolute Gasteiger partial charge is 0.495 e. The van der Waals surface area contributed by atoms with Crippen molar-refractivity contribution in [1.29, 1.82) is 0 Å². The van der Waals surface area contributed by atoms with Gasteiger partial charge in [0.1, 0.15) is 17.3 Å². The standard InChI is InChI=1S/C18H21ClN4O3S/c1-4-7-23-17(11-5-6-11)21-22-18(23)27-10-16(24)20-13-8-12(19)14(25-2)9-15(13)26-3/h4,8-9,11H,1,5-7,10H2,2-3H3,(H,20,24). The van der Waals surface area contributed by atoms with Gasteiger partial charge in [0.15, 0.2) is 5.16 Å². The molecule has 3 rings (SSSR count). The first-order valence-corrected chi connectivity index (χ1v) is 9.81. The molecule has 1 fully saturated rings. The van der Waals surface area contributed by atoms with Crippen molar-refractivity contribution in [3.8, 4) is 11.5 Å². The highest BCUT2D eigenvalue weighted by atomic mass is 35.5. The third-order valence-electron chi connectivity index (χ3n) is 4.08. The number of nitrogens with one attached hydrogen (secondary N) is 1. The Balaban J connectivity index is 1.67. The van der Waals surface area contributed by atoms with Gasteiger partial charge in [0, 0.05) is 18.5 Å². The number of anilines is 1. The van der Waals surface area contributed by atoms with Crippen molar-refractivity contribution < 1.29 is 14.3 Å². The monoisotopic (exact) mass is 408 g/mol. The van der Waals surface area contributed by atoms with E-state index in [4.69, 9.17) is 21.1 Å². The highest BCUT2D eigenvalue weighted by molar-refractivity contribution is 7.99. The average molecular weight is 409 g/mol. The van der Waals surface area contributed by atoms with Crippen LogP contribution in [-0.2, 0) is 11.3 Å². The summed E-state index contributed by atoms with van der Waals surface area (Å²) in [5.74, 6) is 2.40. The number of hydrogen-bond acceptors (Lipinski definition) is 6. The van der Waals surface area contributed by atoms with Gasteiger partial charge in [-0.3, -0.25) is 4.79 Å². The molecule has 7 nitrogen and oxygen atoms in total. The topological polar surface area (TPSA) is 78.3 Å². The number of carbonyl (C=O) groups excluding carboxylic acids is 1. The summed E-state index contributed by atoms with van der Waals surface area (Å²) in [5.41, 5.74) is 0.486. The maximum atomic E-state index is 12.4. The molecule has 27 heavy (non-hydrogen) atoms. The van der Waals surface area contributed by atoms with Gasteiger partial charge >= 0.3 is 0 Å². The molecular formula is C18H21ClN4O3S. The van der Waals surface area contributed by atoms with E-state index in [1.165, 1.54) is 26.0 Å². The Kier molecular flexibility index (Phi) is 6.28. The lowest BCUT2D eigenvalue weighted by molar-refractivity contribution is -0.113. The molecule has 0 bridgehead atoms. The molecule has 1 heterocycles. The lowest BCUT2D eigenvalue weighted by Gasteiger charge is -2.13. The normalized spacial score (nSPS) is 13.3. The fraction of sp³-hybridized carbons (Fsp3) is 0.389. The Hall–Kier alpha value is -2.19. The van der Waals surface area contributed by atoms with E-state index in [9.17, 15) is 4.79 Å². The SMILES string of the molecule is C=CCn1c(SCC(=O)Nc2cc(Cl)c(OC)cc2OC)nnc1C1CC1. The highest BCUT2D eigenvalue weighted by Gasteiger charge is 2.30. The van der Waals surface area contributed by atoms with Crippen LogP contribution in [0.1, 0.15) is 24.6 Å². The van der Waals surface area contributed by atoms with Gasteiger partial charge in [-0.1, -0.05) is 29.4 Å². The number of thioether (sulfide) groups is 1. The van der Waals surface area contributed by atoms with Crippen LogP contribution in [-0.4, -0.2) is 40.6 Å². The van der Waals surface area contributed by atoms with Crippen molar-refractivity contribution in [2.24, 2.45) is 0 Å². The summed E-state index contributed by atoms with van der Waals surface area (Å²) in [6.07, 6.45) is 4.08. The molecule has 0 atom stereocenters. The Morgan fingerprint density at radius 3 is 2.74 bits per heavy atom. The fourth-order valence-electron chi connectivity index (χ4n) is 2.63. The van der Waals surface area contributed by atoms with Crippen molar-refractivity contribution in [2.45, 2.75) is 30.5 Å². The number of carbonyl (C=O) groups is 1. The molecule has 1 aliphatic carbocycles. The fourth-order valence-corrected chi connectivity index (χ4v) is 3.62. The summed E-state index contributed by atoms with van der Waals surface area (Å²) < 4.78 is 12.5. The lowest BCUT2D eigenvalue weighted by Crippen LogP contribution is -2.15. The van der Waals surface area contributed by atoms with Gasteiger partial charge in [-0.05, 0) is 18.9 Å². The summed E-state index contributed by atoms with van der Waals surface area (Å²) in [4.78, 5) is 12.4. The van der Waals surface area contributed by atoms with Crippen LogP contribution in [0, 0.1) is 0 Å². The molecule has 1 aromatic carbocycles. The number of allylic oxidation sites excluding steroid dienone is 1. The van der Waals surface area contributed by atoms with Crippen LogP contribution in [0.25, 0.3) is 0 Å². The number of benzene rings is 1. The predicted octanol–water partition coefficient (Wildman–Crippen LogP) is 3.74. The van der Waals surface area contributed by atoms with E-state index in [1.807, 2.05) is 10.6 Å². The first-order valence-electron chi connectivity index (χ1n) is 8.45. The summed E-state index contributed by atoms with van der Waals surface area (Å²) in [6.45, 7) is 4.42. The first kappa shape index (κ1) is 19.6. The second-order valence-electron chi connectivity index (χ2n) is 6.04. The van der Waals surface area contributed by atoms with Gasteiger partial charge in [-0.15, -0.1) is 16.8 Å². The number of rotatable bonds is 9. The summed E-state index contributed by atoms with van der Waals surface area (Å²) in [5, 5.41) is 12.4. The molecule has 0 saturated heterocycles. The second kappa shape index (κ2) is 8.67. The van der Waals surface area contributed by atoms with Crippen molar-refractivity contribution >= 4 is 35.0 Å². The van der Waals surface area contributed by atoms with Crippen LogP contribution in [0.2, 0.25) is 5.02 Å². The van der Waals surface area contributed by atoms with Crippen molar-refractivity contribution in [3.05, 3.63) is 35.6 Å². The third kappa shape index (κ3) is 4.56. The highest BCUT2D eigenvalue weighted by Crippen LogP contribution is 2.40. The Morgan fingerprint density at radius 2 is 2.11 bits per heavy atom. The van der Waals surface area contributed by atoms with Gasteiger partial charge in [0.25, 0.3) is 0 Å². The zero-order valence-electron chi connectivity index (χ0n) is 15.2. The number of aromatic nitrogens is 3. The van der Waals surface area contributed by atoms with Crippen LogP contribution >= 0.6 is 23.4 Å². The average Bonchev–Trinajstić information content (AvgIpc) is 3.42. The van der Waals surface area contributed by atoms with Crippen LogP contribution < -0.4 is 14.8 Å². The quantitative estimate of drug-likeness (QED) is 0.503. The predicted molar refractivity (Wildman–Crippen MR) is 106 cm³/mol. The van der Waals surface area contributed by atoms with Crippen molar-refractivity contribution in [3.63, 3.8) is 0 Å². The molecule has 1 amide bonds. The minimum atomic E-state index is -0.194. The summed E-state index contributed by atoms with van der Waals surface area (Å²) in [7, 11) is 3.04. The van der Waals surface area contributed by atoms with Gasteiger partial charge < -0.3 is 19.4 Å². The molecule has 144 valence electrons. The zero-order chi connectivity index (χ0) is 19.4. The Bertz CT molecular complexity index is 851. The molecule has 0 radical (unpaired) electrons. The lowest BCUT2D eigenvalue weighted by atomic mass is 10.2. The minimum absolute atomic E-state index is 0.187. The molecule has 1 saturated carbocycles. The molecule has 0 unspecified atom stereocenters. The van der Waals surface area contributed by atoms with Gasteiger partial charge in [-0.25, -0.2) is 0 Å². The number of halogens is 1. The van der Waals surface area contributed by atoms with Crippen molar-refractivity contribution in [1.82, 2.24) is 14.8 Å². The Morgan fingerprint density at radius 1 is 1.37 bits per heavy atom. The van der Waals surface area contributed by atoms with Crippen LogP contribution in [0.3, 0.4) is 0 Å². The van der Waals surface area contributed by atoms with E-state index in [-0.39, 0.29) is 11.7 Å². The minimum Gasteiger partial charge on any atom is -0.495 e. The van der Waals surface area contributed by atoms with Crippen LogP contribution in [0.4, 0.5) is 5.69 Å². The first-order chi connectivity index (χ1) is 13.1. The maximum absolute atomic E-state index is 12.4. The van der Waals surface area contributed by atoms with E-state index in [0.29, 0.717) is 39.8 Å². The Labute approximate surface area is 167 Å². The van der Waals surface area contributed by atoms with Gasteiger partial charge in [-0.2, -0.15) is 0 Å². The van der Waals surface area contributed by atoms with E-state index < -0.39 is 0 Å². The molecular weight excluding hydrogens is 388 g/mol. The number of ether oxygens (including phenoxy) is 2. The number of nitrogens with zero attached hydrogens (tertiary/aromatic N) is 3. The second-order valence-corrected chi connectivity index (χ2v) is 7.39. The summed E-state index contributed by atoms with van der Waals surface area (Å²) >= 11 is 7.48. The smallest absolute Gasteiger partial charge is 0.234 e. The van der Waals surface area contributed by atoms with Gasteiger partial charge in [0.2, 0.25) is 5.91 Å². The van der Waals surface area contributed by atoms with E-state index >= 15 is 0 Å². The molecule has 2 aromatic rings. The van der Waals surface area contributed by atoms with E-state index in [2.05, 4.69) is 22.1 Å². The third-order valence-corrected chi connectivity index (χ3v) is 5.34. The molecule has 0 spiro atoms. The molecule has 1 aliphatic rings. The molecule has 1 aromatic heterocycles. The van der Waals surface area contributed by atoms with E-state index in [0.717, 1.165) is 18.7 Å². The van der Waals surface area contributed by atoms with Crippen LogP contribution in [0.15, 0.2) is 29.9 Å². The number of methoxy groups -OCH3 is 2. The summed E-state index contributed by atoms with van der Waals surface area (Å²) in [6, 6.07) is 3.24. The van der Waals surface area contributed by atoms with Crippen LogP contribution in [0.5, 0.6) is 11.5 Å². The molecule has 9 heteroatoms. The van der Waals surface area contributed by atoms with Crippen molar-refractivity contribution in [2.75, 3.05) is 25.3 Å². The molecule has 1 N–H and O–H groups in total. The number of amides is 1.